The molecule has 0 saturated heterocycles. The molecule has 1 aliphatic rings. The molecule has 0 bridgehead atoms. The minimum absolute atomic E-state index is 0.0425. The van der Waals surface area contributed by atoms with Crippen LogP contribution >= 0.6 is 11.6 Å². The number of nitrogens with zero attached hydrogens (tertiary/aromatic N) is 2. The smallest absolute Gasteiger partial charge is 0.127 e. The minimum Gasteiger partial charge on any atom is -0.326 e. The maximum Gasteiger partial charge on any atom is 0.127 e. The Morgan fingerprint density at radius 3 is 2.78 bits per heavy atom. The second-order valence-corrected chi connectivity index (χ2v) is 6.58. The van der Waals surface area contributed by atoms with E-state index in [1.165, 1.54) is 23.9 Å². The molecule has 1 fully saturated rings. The van der Waals surface area contributed by atoms with E-state index in [2.05, 4.69) is 36.6 Å². The van der Waals surface area contributed by atoms with Crippen LogP contribution in [-0.2, 0) is 6.54 Å². The summed E-state index contributed by atoms with van der Waals surface area (Å²) in [6.07, 6.45) is 2.63. The van der Waals surface area contributed by atoms with Crippen molar-refractivity contribution in [1.82, 2.24) is 9.55 Å². The van der Waals surface area contributed by atoms with Crippen molar-refractivity contribution in [2.45, 2.75) is 45.5 Å². The molecule has 3 heteroatoms. The summed E-state index contributed by atoms with van der Waals surface area (Å²) >= 11 is 6.30. The highest BCUT2D eigenvalue weighted by atomic mass is 35.5. The van der Waals surface area contributed by atoms with Gasteiger partial charge in [-0.25, -0.2) is 4.98 Å². The summed E-state index contributed by atoms with van der Waals surface area (Å²) in [6, 6.07) is 6.30. The number of hydrogen-bond acceptors (Lipinski definition) is 1. The average molecular weight is 263 g/mol. The van der Waals surface area contributed by atoms with Crippen LogP contribution in [0, 0.1) is 12.3 Å². The number of imidazole rings is 1. The third-order valence-electron chi connectivity index (χ3n) is 4.00. The quantitative estimate of drug-likeness (QED) is 0.748. The molecule has 1 saturated carbocycles. The van der Waals surface area contributed by atoms with Crippen LogP contribution in [0.15, 0.2) is 18.2 Å². The van der Waals surface area contributed by atoms with Crippen molar-refractivity contribution in [1.29, 1.82) is 0 Å². The van der Waals surface area contributed by atoms with Gasteiger partial charge in [0, 0.05) is 6.54 Å². The van der Waals surface area contributed by atoms with Crippen molar-refractivity contribution >= 4 is 22.6 Å². The Kier molecular flexibility index (Phi) is 2.67. The second kappa shape index (κ2) is 3.99. The lowest BCUT2D eigenvalue weighted by Crippen LogP contribution is -2.12. The van der Waals surface area contributed by atoms with Crippen molar-refractivity contribution in [3.05, 3.63) is 29.6 Å². The Labute approximate surface area is 113 Å². The number of para-hydroxylation sites is 1. The first kappa shape index (κ1) is 12.0. The van der Waals surface area contributed by atoms with Crippen LogP contribution in [-0.4, -0.2) is 9.55 Å². The maximum atomic E-state index is 6.30. The van der Waals surface area contributed by atoms with Crippen LogP contribution < -0.4 is 0 Å². The largest absolute Gasteiger partial charge is 0.326 e. The molecular formula is C15H19ClN2. The fourth-order valence-electron chi connectivity index (χ4n) is 2.60. The van der Waals surface area contributed by atoms with Crippen LogP contribution in [0.3, 0.4) is 0 Å². The monoisotopic (exact) mass is 262 g/mol. The first-order chi connectivity index (χ1) is 8.50. The number of benzene rings is 1. The van der Waals surface area contributed by atoms with E-state index in [0.717, 1.165) is 17.9 Å². The Morgan fingerprint density at radius 1 is 1.44 bits per heavy atom. The van der Waals surface area contributed by atoms with Crippen LogP contribution in [0.2, 0.25) is 0 Å². The van der Waals surface area contributed by atoms with Gasteiger partial charge in [0.05, 0.1) is 16.4 Å². The number of alkyl halides is 1. The van der Waals surface area contributed by atoms with Gasteiger partial charge in [-0.15, -0.1) is 11.6 Å². The highest BCUT2D eigenvalue weighted by molar-refractivity contribution is 6.20. The lowest BCUT2D eigenvalue weighted by molar-refractivity contribution is 0.460. The van der Waals surface area contributed by atoms with Gasteiger partial charge in [0.25, 0.3) is 0 Å². The number of aryl methyl sites for hydroxylation is 1. The first-order valence-corrected chi connectivity index (χ1v) is 7.04. The molecular weight excluding hydrogens is 244 g/mol. The van der Waals surface area contributed by atoms with Gasteiger partial charge in [0.2, 0.25) is 0 Å². The summed E-state index contributed by atoms with van der Waals surface area (Å²) < 4.78 is 2.34. The van der Waals surface area contributed by atoms with Crippen LogP contribution in [0.5, 0.6) is 0 Å². The topological polar surface area (TPSA) is 17.8 Å². The van der Waals surface area contributed by atoms with Gasteiger partial charge in [0.1, 0.15) is 5.82 Å². The molecule has 1 aromatic carbocycles. The number of aromatic nitrogens is 2. The molecule has 18 heavy (non-hydrogen) atoms. The predicted molar refractivity (Wildman–Crippen MR) is 76.1 cm³/mol. The van der Waals surface area contributed by atoms with E-state index < -0.39 is 0 Å². The van der Waals surface area contributed by atoms with Gasteiger partial charge in [-0.2, -0.15) is 0 Å². The fraction of sp³-hybridized carbons (Fsp3) is 0.533. The molecule has 96 valence electrons. The van der Waals surface area contributed by atoms with E-state index in [1.807, 2.05) is 6.92 Å². The molecule has 1 aliphatic carbocycles. The molecule has 0 radical (unpaired) electrons. The van der Waals surface area contributed by atoms with Gasteiger partial charge in [-0.1, -0.05) is 19.1 Å². The number of fused-ring (bicyclic) bond motifs is 1. The summed E-state index contributed by atoms with van der Waals surface area (Å²) in [4.78, 5) is 4.72. The Bertz CT molecular complexity index is 594. The van der Waals surface area contributed by atoms with E-state index in [0.29, 0.717) is 5.41 Å². The van der Waals surface area contributed by atoms with E-state index in [4.69, 9.17) is 16.6 Å². The summed E-state index contributed by atoms with van der Waals surface area (Å²) in [5.74, 6) is 1.01. The number of hydrogen-bond donors (Lipinski definition) is 0. The third kappa shape index (κ3) is 1.93. The molecule has 2 aromatic rings. The molecule has 1 heterocycles. The lowest BCUT2D eigenvalue weighted by atomic mass is 10.1. The van der Waals surface area contributed by atoms with Gasteiger partial charge < -0.3 is 4.57 Å². The third-order valence-corrected chi connectivity index (χ3v) is 4.19. The van der Waals surface area contributed by atoms with E-state index in [9.17, 15) is 0 Å². The molecule has 0 spiro atoms. The Morgan fingerprint density at radius 2 is 2.17 bits per heavy atom. The highest BCUT2D eigenvalue weighted by Crippen LogP contribution is 2.47. The van der Waals surface area contributed by atoms with Crippen LogP contribution in [0.4, 0.5) is 0 Å². The number of rotatable bonds is 3. The molecule has 2 nitrogen and oxygen atoms in total. The standard InChI is InChI=1S/C15H19ClN2/c1-10-5-4-6-12-13(10)18(9-15(3)7-8-15)14(17-12)11(2)16/h4-6,11H,7-9H2,1-3H3. The molecule has 0 aliphatic heterocycles. The van der Waals surface area contributed by atoms with E-state index >= 15 is 0 Å². The lowest BCUT2D eigenvalue weighted by Gasteiger charge is -2.15. The average Bonchev–Trinajstić information content (AvgIpc) is 2.89. The summed E-state index contributed by atoms with van der Waals surface area (Å²) in [5, 5.41) is -0.0425. The second-order valence-electron chi connectivity index (χ2n) is 5.93. The van der Waals surface area contributed by atoms with Crippen molar-refractivity contribution in [2.24, 2.45) is 5.41 Å². The minimum atomic E-state index is -0.0425. The SMILES string of the molecule is Cc1cccc2nc(C(C)Cl)n(CC3(C)CC3)c12. The Hall–Kier alpha value is -1.02. The molecule has 1 aromatic heterocycles. The normalized spacial score (nSPS) is 19.1. The highest BCUT2D eigenvalue weighted by Gasteiger charge is 2.38. The summed E-state index contributed by atoms with van der Waals surface area (Å²) in [5.41, 5.74) is 4.07. The number of halogens is 1. The van der Waals surface area contributed by atoms with Gasteiger partial charge in [-0.05, 0) is 43.7 Å². The van der Waals surface area contributed by atoms with Crippen molar-refractivity contribution in [3.8, 4) is 0 Å². The van der Waals surface area contributed by atoms with Crippen molar-refractivity contribution in [3.63, 3.8) is 0 Å². The van der Waals surface area contributed by atoms with Crippen molar-refractivity contribution in [2.75, 3.05) is 0 Å². The molecule has 3 rings (SSSR count). The Balaban J connectivity index is 2.20. The van der Waals surface area contributed by atoms with Gasteiger partial charge in [0.15, 0.2) is 0 Å². The van der Waals surface area contributed by atoms with Crippen LogP contribution in [0.25, 0.3) is 11.0 Å². The maximum absolute atomic E-state index is 6.30. The molecule has 0 N–H and O–H groups in total. The first-order valence-electron chi connectivity index (χ1n) is 6.60. The molecule has 0 amide bonds. The zero-order valence-corrected chi connectivity index (χ0v) is 12.0. The predicted octanol–water partition coefficient (Wildman–Crippen LogP) is 4.44. The van der Waals surface area contributed by atoms with Crippen LogP contribution in [0.1, 0.15) is 43.5 Å². The molecule has 1 unspecified atom stereocenters. The van der Waals surface area contributed by atoms with Gasteiger partial charge in [-0.3, -0.25) is 0 Å². The van der Waals surface area contributed by atoms with E-state index in [-0.39, 0.29) is 5.38 Å². The van der Waals surface area contributed by atoms with E-state index in [1.54, 1.807) is 0 Å². The van der Waals surface area contributed by atoms with Gasteiger partial charge >= 0.3 is 0 Å². The molecule has 1 atom stereocenters. The summed E-state index contributed by atoms with van der Waals surface area (Å²) in [7, 11) is 0. The zero-order chi connectivity index (χ0) is 12.9. The zero-order valence-electron chi connectivity index (χ0n) is 11.2. The fourth-order valence-corrected chi connectivity index (χ4v) is 2.77. The van der Waals surface area contributed by atoms with Crippen molar-refractivity contribution < 1.29 is 0 Å². The summed E-state index contributed by atoms with van der Waals surface area (Å²) in [6.45, 7) is 7.54.